The highest BCUT2D eigenvalue weighted by molar-refractivity contribution is 7.07. The first-order valence-corrected chi connectivity index (χ1v) is 15.6. The van der Waals surface area contributed by atoms with Crippen molar-refractivity contribution in [2.24, 2.45) is 4.99 Å². The summed E-state index contributed by atoms with van der Waals surface area (Å²) < 4.78 is 19.0. The van der Waals surface area contributed by atoms with Crippen molar-refractivity contribution in [1.29, 1.82) is 0 Å². The number of nitrogens with zero attached hydrogens (tertiary/aromatic N) is 2. The lowest BCUT2D eigenvalue weighted by Crippen LogP contribution is -2.40. The summed E-state index contributed by atoms with van der Waals surface area (Å²) in [5.41, 5.74) is 3.51. The number of fused-ring (bicyclic) bond motifs is 2. The molecule has 0 saturated heterocycles. The molecule has 0 amide bonds. The largest absolute Gasteiger partial charge is 0.493 e. The number of esters is 1. The molecule has 1 aliphatic rings. The minimum absolute atomic E-state index is 0.109. The highest BCUT2D eigenvalue weighted by Crippen LogP contribution is 2.32. The molecule has 0 fully saturated rings. The van der Waals surface area contributed by atoms with Gasteiger partial charge in [0, 0.05) is 12.7 Å². The highest BCUT2D eigenvalue weighted by Gasteiger charge is 2.33. The summed E-state index contributed by atoms with van der Waals surface area (Å²) in [7, 11) is 1.55. The van der Waals surface area contributed by atoms with Crippen molar-refractivity contribution in [3.63, 3.8) is 0 Å². The van der Waals surface area contributed by atoms with E-state index in [9.17, 15) is 9.59 Å². The molecule has 0 saturated carbocycles. The molecule has 5 rings (SSSR count). The van der Waals surface area contributed by atoms with Crippen molar-refractivity contribution in [3.05, 3.63) is 108 Å². The minimum atomic E-state index is -0.678. The summed E-state index contributed by atoms with van der Waals surface area (Å²) >= 11 is 1.31. The van der Waals surface area contributed by atoms with Crippen LogP contribution in [0.4, 0.5) is 0 Å². The van der Waals surface area contributed by atoms with Gasteiger partial charge in [-0.2, -0.15) is 0 Å². The maximum absolute atomic E-state index is 14.3. The van der Waals surface area contributed by atoms with E-state index in [1.807, 2.05) is 48.5 Å². The molecule has 0 N–H and O–H groups in total. The Balaban J connectivity index is 1.69. The number of rotatable bonds is 11. The van der Waals surface area contributed by atoms with E-state index in [0.717, 1.165) is 40.5 Å². The number of unbranched alkanes of at least 4 members (excludes halogenated alkanes) is 1. The molecule has 8 heteroatoms. The van der Waals surface area contributed by atoms with Crippen LogP contribution in [-0.4, -0.2) is 37.5 Å². The first-order valence-electron chi connectivity index (χ1n) is 14.8. The monoisotopic (exact) mass is 598 g/mol. The lowest BCUT2D eigenvalue weighted by molar-refractivity contribution is -0.140. The first-order chi connectivity index (χ1) is 20.8. The summed E-state index contributed by atoms with van der Waals surface area (Å²) in [5, 5.41) is 2.06. The average Bonchev–Trinajstić information content (AvgIpc) is 3.31. The van der Waals surface area contributed by atoms with Crippen LogP contribution in [0.5, 0.6) is 5.75 Å². The van der Waals surface area contributed by atoms with Crippen LogP contribution < -0.4 is 19.6 Å². The number of ether oxygens (including phenoxy) is 3. The van der Waals surface area contributed by atoms with Crippen molar-refractivity contribution in [2.45, 2.75) is 52.5 Å². The summed E-state index contributed by atoms with van der Waals surface area (Å²) in [6.07, 6.45) is 3.87. The second kappa shape index (κ2) is 13.5. The average molecular weight is 599 g/mol. The Bertz CT molecular complexity index is 1830. The van der Waals surface area contributed by atoms with Crippen molar-refractivity contribution >= 4 is 34.2 Å². The van der Waals surface area contributed by atoms with Crippen LogP contribution in [0.3, 0.4) is 0 Å². The van der Waals surface area contributed by atoms with Crippen molar-refractivity contribution < 1.29 is 19.0 Å². The van der Waals surface area contributed by atoms with Gasteiger partial charge in [0.2, 0.25) is 0 Å². The van der Waals surface area contributed by atoms with Gasteiger partial charge in [-0.1, -0.05) is 93.1 Å². The summed E-state index contributed by atoms with van der Waals surface area (Å²) in [4.78, 5) is 33.0. The molecule has 4 aromatic rings. The summed E-state index contributed by atoms with van der Waals surface area (Å²) in [6, 6.07) is 19.5. The fourth-order valence-electron chi connectivity index (χ4n) is 5.26. The zero-order valence-electron chi connectivity index (χ0n) is 25.4. The Labute approximate surface area is 255 Å². The lowest BCUT2D eigenvalue weighted by atomic mass is 9.93. The van der Waals surface area contributed by atoms with E-state index in [1.54, 1.807) is 18.6 Å². The summed E-state index contributed by atoms with van der Waals surface area (Å²) in [5.74, 6) is 0.574. The van der Waals surface area contributed by atoms with Crippen LogP contribution in [-0.2, 0) is 14.3 Å². The number of thiazole rings is 1. The van der Waals surface area contributed by atoms with Crippen molar-refractivity contribution in [2.75, 3.05) is 26.9 Å². The molecule has 1 aliphatic heterocycles. The van der Waals surface area contributed by atoms with Gasteiger partial charge in [-0.25, -0.2) is 9.79 Å². The number of hydrogen-bond donors (Lipinski definition) is 0. The molecule has 1 aromatic heterocycles. The minimum Gasteiger partial charge on any atom is -0.493 e. The number of allylic oxidation sites excluding steroid dienone is 1. The molecule has 1 atom stereocenters. The Morgan fingerprint density at radius 3 is 2.53 bits per heavy atom. The third kappa shape index (κ3) is 6.36. The first kappa shape index (κ1) is 30.4. The molecule has 224 valence electrons. The van der Waals surface area contributed by atoms with Gasteiger partial charge in [-0.3, -0.25) is 9.36 Å². The van der Waals surface area contributed by atoms with Crippen molar-refractivity contribution in [1.82, 2.24) is 4.57 Å². The van der Waals surface area contributed by atoms with Gasteiger partial charge in [0.15, 0.2) is 4.80 Å². The Hall–Kier alpha value is -4.01. The van der Waals surface area contributed by atoms with Crippen LogP contribution >= 0.6 is 11.3 Å². The van der Waals surface area contributed by atoms with E-state index in [2.05, 4.69) is 39.0 Å². The molecule has 0 spiro atoms. The number of benzene rings is 3. The van der Waals surface area contributed by atoms with Crippen LogP contribution in [0.25, 0.3) is 16.8 Å². The van der Waals surface area contributed by atoms with E-state index in [4.69, 9.17) is 19.2 Å². The zero-order valence-corrected chi connectivity index (χ0v) is 26.2. The molecule has 7 nitrogen and oxygen atoms in total. The van der Waals surface area contributed by atoms with Crippen LogP contribution in [0.15, 0.2) is 81.7 Å². The molecule has 3 aromatic carbocycles. The fraction of sp³-hybridized carbons (Fsp3) is 0.343. The predicted octanol–water partition coefficient (Wildman–Crippen LogP) is 5.88. The lowest BCUT2D eigenvalue weighted by Gasteiger charge is -2.25. The zero-order chi connectivity index (χ0) is 30.5. The van der Waals surface area contributed by atoms with E-state index in [0.29, 0.717) is 33.1 Å². The number of hydrogen-bond acceptors (Lipinski definition) is 7. The van der Waals surface area contributed by atoms with Crippen molar-refractivity contribution in [3.8, 4) is 5.75 Å². The van der Waals surface area contributed by atoms with E-state index in [-0.39, 0.29) is 18.8 Å². The van der Waals surface area contributed by atoms with Gasteiger partial charge in [-0.05, 0) is 53.3 Å². The normalized spacial score (nSPS) is 15.1. The third-order valence-corrected chi connectivity index (χ3v) is 8.63. The van der Waals surface area contributed by atoms with Gasteiger partial charge in [0.25, 0.3) is 5.56 Å². The maximum atomic E-state index is 14.3. The number of carbonyl (C=O) groups is 1. The second-order valence-electron chi connectivity index (χ2n) is 10.9. The number of aromatic nitrogens is 1. The quantitative estimate of drug-likeness (QED) is 0.159. The highest BCUT2D eigenvalue weighted by atomic mass is 32.1. The Morgan fingerprint density at radius 2 is 1.81 bits per heavy atom. The van der Waals surface area contributed by atoms with Crippen LogP contribution in [0.1, 0.15) is 69.2 Å². The second-order valence-corrected chi connectivity index (χ2v) is 11.9. The fourth-order valence-corrected chi connectivity index (χ4v) is 6.29. The summed E-state index contributed by atoms with van der Waals surface area (Å²) in [6.45, 7) is 9.17. The molecule has 0 radical (unpaired) electrons. The molecule has 2 heterocycles. The Morgan fingerprint density at radius 1 is 1.05 bits per heavy atom. The topological polar surface area (TPSA) is 79.1 Å². The van der Waals surface area contributed by atoms with Gasteiger partial charge in [0.05, 0.1) is 35.1 Å². The molecular formula is C35H38N2O5S. The number of carbonyl (C=O) groups excluding carboxylic acids is 1. The van der Waals surface area contributed by atoms with Gasteiger partial charge >= 0.3 is 5.97 Å². The van der Waals surface area contributed by atoms with Crippen LogP contribution in [0, 0.1) is 0 Å². The van der Waals surface area contributed by atoms with Gasteiger partial charge < -0.3 is 14.2 Å². The number of methoxy groups -OCH3 is 1. The molecule has 43 heavy (non-hydrogen) atoms. The molecule has 1 unspecified atom stereocenters. The Kier molecular flexibility index (Phi) is 9.58. The van der Waals surface area contributed by atoms with Crippen LogP contribution in [0.2, 0.25) is 0 Å². The predicted molar refractivity (Wildman–Crippen MR) is 171 cm³/mol. The molecule has 0 bridgehead atoms. The van der Waals surface area contributed by atoms with Gasteiger partial charge in [0.1, 0.15) is 12.4 Å². The van der Waals surface area contributed by atoms with Gasteiger partial charge in [-0.15, -0.1) is 0 Å². The third-order valence-electron chi connectivity index (χ3n) is 7.64. The van der Waals surface area contributed by atoms with E-state index in [1.165, 1.54) is 16.9 Å². The standard InChI is InChI=1S/C35H38N2O5S/c1-6-7-18-41-29-17-16-25-10-8-9-11-27(25)28(29)21-30-33(38)37-32(26-14-12-24(13-15-26)22(2)3)31(23(4)36-35(37)43-30)34(39)42-20-19-40-5/h8-17,21-22,32H,6-7,18-20H2,1-5H3. The SMILES string of the molecule is CCCCOc1ccc2ccccc2c1C=c1sc2n(c1=O)C(c1ccc(C(C)C)cc1)C(C(=O)OCCOC)=C(C)N=2. The van der Waals surface area contributed by atoms with E-state index >= 15 is 0 Å². The molecular weight excluding hydrogens is 560 g/mol. The molecule has 0 aliphatic carbocycles. The smallest absolute Gasteiger partial charge is 0.338 e. The maximum Gasteiger partial charge on any atom is 0.338 e. The van der Waals surface area contributed by atoms with E-state index < -0.39 is 12.0 Å².